The molecule has 0 unspecified atom stereocenters. The molecule has 0 saturated heterocycles. The summed E-state index contributed by atoms with van der Waals surface area (Å²) in [5.41, 5.74) is 0. The maximum Gasteiger partial charge on any atom is 0.0365 e. The number of halogens is 1. The molecule has 0 spiro atoms. The van der Waals surface area contributed by atoms with Crippen LogP contribution in [0.1, 0.15) is 32.1 Å². The summed E-state index contributed by atoms with van der Waals surface area (Å²) in [7, 11) is 0. The van der Waals surface area contributed by atoms with Crippen molar-refractivity contribution in [2.45, 2.75) is 43.5 Å². The average molecular weight is 174 g/mol. The summed E-state index contributed by atoms with van der Waals surface area (Å²) in [4.78, 5) is 0. The highest BCUT2D eigenvalue weighted by molar-refractivity contribution is 6.21. The molecule has 0 aromatic heterocycles. The Morgan fingerprint density at radius 2 is 2.00 bits per heavy atom. The Kier molecular flexibility index (Phi) is 2.38. The van der Waals surface area contributed by atoms with Gasteiger partial charge >= 0.3 is 0 Å². The van der Waals surface area contributed by atoms with Crippen molar-refractivity contribution < 1.29 is 0 Å². The fourth-order valence-corrected chi connectivity index (χ4v) is 2.18. The Bertz CT molecular complexity index is 128. The van der Waals surface area contributed by atoms with E-state index in [1.54, 1.807) is 0 Å². The highest BCUT2D eigenvalue weighted by Gasteiger charge is 2.27. The van der Waals surface area contributed by atoms with Gasteiger partial charge in [-0.2, -0.15) is 0 Å². The topological polar surface area (TPSA) is 12.0 Å². The molecule has 0 aromatic carbocycles. The summed E-state index contributed by atoms with van der Waals surface area (Å²) in [5, 5.41) is 4.03. The predicted octanol–water partition coefficient (Wildman–Crippen LogP) is 2.15. The van der Waals surface area contributed by atoms with Gasteiger partial charge in [0.05, 0.1) is 0 Å². The van der Waals surface area contributed by atoms with Crippen molar-refractivity contribution in [2.24, 2.45) is 5.92 Å². The summed E-state index contributed by atoms with van der Waals surface area (Å²) >= 11 is 5.87. The van der Waals surface area contributed by atoms with Gasteiger partial charge in [0.2, 0.25) is 0 Å². The van der Waals surface area contributed by atoms with Crippen molar-refractivity contribution in [3.05, 3.63) is 0 Å². The summed E-state index contributed by atoms with van der Waals surface area (Å²) in [6, 6.07) is 0.748. The van der Waals surface area contributed by atoms with Gasteiger partial charge < -0.3 is 5.32 Å². The first kappa shape index (κ1) is 7.88. The van der Waals surface area contributed by atoms with Gasteiger partial charge in [0.15, 0.2) is 0 Å². The predicted molar refractivity (Wildman–Crippen MR) is 48.0 cm³/mol. The van der Waals surface area contributed by atoms with E-state index in [1.807, 2.05) is 0 Å². The van der Waals surface area contributed by atoms with Crippen LogP contribution >= 0.6 is 11.6 Å². The summed E-state index contributed by atoms with van der Waals surface area (Å²) in [6.07, 6.45) is 6.73. The molecule has 2 aliphatic rings. The molecule has 0 atom stereocenters. The molecule has 0 aromatic rings. The zero-order valence-corrected chi connectivity index (χ0v) is 7.61. The Hall–Kier alpha value is 0.250. The van der Waals surface area contributed by atoms with E-state index >= 15 is 0 Å². The molecule has 2 rings (SSSR count). The lowest BCUT2D eigenvalue weighted by atomic mass is 9.84. The summed E-state index contributed by atoms with van der Waals surface area (Å²) in [5.74, 6) is 0.990. The molecule has 0 aliphatic heterocycles. The molecule has 0 bridgehead atoms. The average Bonchev–Trinajstić information content (AvgIpc) is 1.80. The SMILES string of the molecule is ClC1CC(NCC2CCC2)C1. The molecule has 0 amide bonds. The highest BCUT2D eigenvalue weighted by Crippen LogP contribution is 2.28. The van der Waals surface area contributed by atoms with E-state index in [0.29, 0.717) is 5.38 Å². The molecule has 0 heterocycles. The first-order chi connectivity index (χ1) is 5.34. The Balaban J connectivity index is 1.53. The lowest BCUT2D eigenvalue weighted by molar-refractivity contribution is 0.258. The molecular formula is C9H16ClN. The second kappa shape index (κ2) is 3.32. The monoisotopic (exact) mass is 173 g/mol. The first-order valence-electron chi connectivity index (χ1n) is 4.72. The fraction of sp³-hybridized carbons (Fsp3) is 1.00. The van der Waals surface area contributed by atoms with Crippen LogP contribution in [0.2, 0.25) is 0 Å². The fourth-order valence-electron chi connectivity index (χ4n) is 1.75. The number of rotatable bonds is 3. The number of nitrogens with one attached hydrogen (secondary N) is 1. The Morgan fingerprint density at radius 3 is 2.45 bits per heavy atom. The Morgan fingerprint density at radius 1 is 1.27 bits per heavy atom. The molecule has 2 saturated carbocycles. The van der Waals surface area contributed by atoms with Crippen LogP contribution < -0.4 is 5.32 Å². The lowest BCUT2D eigenvalue weighted by Crippen LogP contribution is -2.44. The second-order valence-corrected chi connectivity index (χ2v) is 4.59. The van der Waals surface area contributed by atoms with Gasteiger partial charge in [0, 0.05) is 11.4 Å². The zero-order valence-electron chi connectivity index (χ0n) is 6.85. The molecule has 1 nitrogen and oxygen atoms in total. The van der Waals surface area contributed by atoms with Crippen molar-refractivity contribution in [2.75, 3.05) is 6.54 Å². The van der Waals surface area contributed by atoms with Crippen LogP contribution in [0, 0.1) is 5.92 Å². The van der Waals surface area contributed by atoms with Crippen LogP contribution in [-0.4, -0.2) is 18.0 Å². The van der Waals surface area contributed by atoms with Gasteiger partial charge in [-0.15, -0.1) is 11.6 Å². The van der Waals surface area contributed by atoms with Crippen molar-refractivity contribution in [1.29, 1.82) is 0 Å². The van der Waals surface area contributed by atoms with Crippen molar-refractivity contribution in [3.8, 4) is 0 Å². The third kappa shape index (κ3) is 1.88. The molecule has 1 N–H and O–H groups in total. The van der Waals surface area contributed by atoms with Gasteiger partial charge in [-0.25, -0.2) is 0 Å². The number of hydrogen-bond donors (Lipinski definition) is 1. The quantitative estimate of drug-likeness (QED) is 0.645. The van der Waals surface area contributed by atoms with Gasteiger partial charge in [-0.1, -0.05) is 6.42 Å². The largest absolute Gasteiger partial charge is 0.314 e. The maximum atomic E-state index is 5.87. The molecular weight excluding hydrogens is 158 g/mol. The van der Waals surface area contributed by atoms with Crippen molar-refractivity contribution in [3.63, 3.8) is 0 Å². The van der Waals surface area contributed by atoms with Gasteiger partial charge in [-0.05, 0) is 38.1 Å². The van der Waals surface area contributed by atoms with Gasteiger partial charge in [-0.3, -0.25) is 0 Å². The molecule has 0 radical (unpaired) electrons. The third-order valence-electron chi connectivity index (χ3n) is 3.00. The summed E-state index contributed by atoms with van der Waals surface area (Å²) < 4.78 is 0. The minimum atomic E-state index is 0.467. The van der Waals surface area contributed by atoms with Crippen LogP contribution in [-0.2, 0) is 0 Å². The smallest absolute Gasteiger partial charge is 0.0365 e. The summed E-state index contributed by atoms with van der Waals surface area (Å²) in [6.45, 7) is 1.24. The van der Waals surface area contributed by atoms with E-state index in [1.165, 1.54) is 38.6 Å². The van der Waals surface area contributed by atoms with E-state index in [9.17, 15) is 0 Å². The number of alkyl halides is 1. The van der Waals surface area contributed by atoms with Crippen LogP contribution in [0.5, 0.6) is 0 Å². The third-order valence-corrected chi connectivity index (χ3v) is 3.36. The zero-order chi connectivity index (χ0) is 7.68. The van der Waals surface area contributed by atoms with Crippen LogP contribution in [0.15, 0.2) is 0 Å². The van der Waals surface area contributed by atoms with Gasteiger partial charge in [0.25, 0.3) is 0 Å². The minimum Gasteiger partial charge on any atom is -0.314 e. The van der Waals surface area contributed by atoms with Crippen LogP contribution in [0.3, 0.4) is 0 Å². The highest BCUT2D eigenvalue weighted by atomic mass is 35.5. The second-order valence-electron chi connectivity index (χ2n) is 3.97. The van der Waals surface area contributed by atoms with Crippen molar-refractivity contribution in [1.82, 2.24) is 5.32 Å². The van der Waals surface area contributed by atoms with Crippen LogP contribution in [0.25, 0.3) is 0 Å². The van der Waals surface area contributed by atoms with E-state index in [4.69, 9.17) is 11.6 Å². The van der Waals surface area contributed by atoms with Crippen molar-refractivity contribution >= 4 is 11.6 Å². The van der Waals surface area contributed by atoms with E-state index in [2.05, 4.69) is 5.32 Å². The van der Waals surface area contributed by atoms with E-state index in [0.717, 1.165) is 12.0 Å². The molecule has 2 aliphatic carbocycles. The maximum absolute atomic E-state index is 5.87. The lowest BCUT2D eigenvalue weighted by Gasteiger charge is -2.35. The number of hydrogen-bond acceptors (Lipinski definition) is 1. The van der Waals surface area contributed by atoms with Gasteiger partial charge in [0.1, 0.15) is 0 Å². The standard InChI is InChI=1S/C9H16ClN/c10-8-4-9(5-8)11-6-7-2-1-3-7/h7-9,11H,1-6H2. The van der Waals surface area contributed by atoms with E-state index in [-0.39, 0.29) is 0 Å². The molecule has 11 heavy (non-hydrogen) atoms. The molecule has 2 fully saturated rings. The van der Waals surface area contributed by atoms with Crippen LogP contribution in [0.4, 0.5) is 0 Å². The normalized spacial score (nSPS) is 37.9. The Labute approximate surface area is 73.5 Å². The van der Waals surface area contributed by atoms with E-state index < -0.39 is 0 Å². The minimum absolute atomic E-state index is 0.467. The molecule has 64 valence electrons. The molecule has 2 heteroatoms. The first-order valence-corrected chi connectivity index (χ1v) is 5.15.